The summed E-state index contributed by atoms with van der Waals surface area (Å²) in [4.78, 5) is 1.07. The van der Waals surface area contributed by atoms with Crippen LogP contribution in [0.3, 0.4) is 0 Å². The minimum Gasteiger partial charge on any atom is -0.312 e. The first kappa shape index (κ1) is 15.5. The Balaban J connectivity index is 2.74. The maximum absolute atomic E-state index is 13.9. The van der Waals surface area contributed by atoms with E-state index in [9.17, 15) is 4.39 Å². The highest BCUT2D eigenvalue weighted by Crippen LogP contribution is 2.29. The van der Waals surface area contributed by atoms with Crippen molar-refractivity contribution < 1.29 is 4.39 Å². The number of benzene rings is 1. The van der Waals surface area contributed by atoms with Crippen LogP contribution < -0.4 is 5.32 Å². The number of rotatable bonds is 7. The van der Waals surface area contributed by atoms with Gasteiger partial charge in [-0.2, -0.15) is 0 Å². The Labute approximate surface area is 115 Å². The predicted molar refractivity (Wildman–Crippen MR) is 78.6 cm³/mol. The Bertz CT molecular complexity index is 366. The van der Waals surface area contributed by atoms with Crippen LogP contribution in [-0.2, 0) is 6.54 Å². The third-order valence-corrected chi connectivity index (χ3v) is 4.21. The summed E-state index contributed by atoms with van der Waals surface area (Å²) in [5, 5.41) is 3.84. The summed E-state index contributed by atoms with van der Waals surface area (Å²) in [7, 11) is 0. The molecule has 0 bridgehead atoms. The van der Waals surface area contributed by atoms with E-state index in [0.29, 0.717) is 17.7 Å². The summed E-state index contributed by atoms with van der Waals surface area (Å²) in [6, 6.07) is 5.37. The maximum atomic E-state index is 13.9. The Morgan fingerprint density at radius 3 is 2.61 bits per heavy atom. The van der Waals surface area contributed by atoms with E-state index in [2.05, 4.69) is 33.0 Å². The van der Waals surface area contributed by atoms with E-state index in [0.717, 1.165) is 23.4 Å². The zero-order valence-electron chi connectivity index (χ0n) is 11.8. The predicted octanol–water partition coefficient (Wildman–Crippen LogP) is 4.46. The molecule has 0 aromatic heterocycles. The Kier molecular flexibility index (Phi) is 6.72. The summed E-state index contributed by atoms with van der Waals surface area (Å²) < 4.78 is 13.9. The number of hydrogen-bond donors (Lipinski definition) is 1. The molecule has 0 amide bonds. The Morgan fingerprint density at radius 1 is 1.28 bits per heavy atom. The molecular weight excluding hydrogens is 245 g/mol. The molecule has 0 saturated carbocycles. The lowest BCUT2D eigenvalue weighted by Gasteiger charge is -2.15. The Morgan fingerprint density at radius 2 is 2.00 bits per heavy atom. The Hall–Kier alpha value is -0.540. The van der Waals surface area contributed by atoms with Crippen LogP contribution in [-0.4, -0.2) is 11.8 Å². The van der Waals surface area contributed by atoms with Crippen molar-refractivity contribution in [2.75, 3.05) is 6.54 Å². The fraction of sp³-hybridized carbons (Fsp3) is 0.600. The quantitative estimate of drug-likeness (QED) is 0.733. The van der Waals surface area contributed by atoms with Crippen LogP contribution in [0.15, 0.2) is 23.1 Å². The van der Waals surface area contributed by atoms with Crippen molar-refractivity contribution in [2.45, 2.75) is 50.8 Å². The van der Waals surface area contributed by atoms with E-state index in [1.54, 1.807) is 23.9 Å². The average Bonchev–Trinajstić information content (AvgIpc) is 2.32. The lowest BCUT2D eigenvalue weighted by Crippen LogP contribution is -2.20. The van der Waals surface area contributed by atoms with Crippen LogP contribution in [0.25, 0.3) is 0 Å². The lowest BCUT2D eigenvalue weighted by molar-refractivity contribution is 0.530. The molecule has 102 valence electrons. The van der Waals surface area contributed by atoms with Gasteiger partial charge in [-0.25, -0.2) is 4.39 Å². The number of nitrogens with one attached hydrogen (secondary N) is 1. The van der Waals surface area contributed by atoms with E-state index in [4.69, 9.17) is 0 Å². The van der Waals surface area contributed by atoms with Crippen molar-refractivity contribution in [1.82, 2.24) is 5.32 Å². The molecule has 0 spiro atoms. The van der Waals surface area contributed by atoms with Crippen LogP contribution in [0.5, 0.6) is 0 Å². The van der Waals surface area contributed by atoms with Crippen molar-refractivity contribution >= 4 is 11.8 Å². The highest BCUT2D eigenvalue weighted by molar-refractivity contribution is 8.00. The van der Waals surface area contributed by atoms with Crippen LogP contribution in [0.1, 0.15) is 39.7 Å². The zero-order valence-corrected chi connectivity index (χ0v) is 12.6. The monoisotopic (exact) mass is 269 g/mol. The number of thioether (sulfide) groups is 1. The first-order valence-corrected chi connectivity index (χ1v) is 7.57. The second-order valence-corrected chi connectivity index (χ2v) is 6.56. The van der Waals surface area contributed by atoms with Crippen molar-refractivity contribution in [2.24, 2.45) is 5.92 Å². The summed E-state index contributed by atoms with van der Waals surface area (Å²) >= 11 is 1.76. The maximum Gasteiger partial charge on any atom is 0.128 e. The second kappa shape index (κ2) is 7.80. The first-order valence-electron chi connectivity index (χ1n) is 6.69. The molecule has 1 aromatic rings. The van der Waals surface area contributed by atoms with Gasteiger partial charge in [-0.3, -0.25) is 0 Å². The third-order valence-electron chi connectivity index (χ3n) is 2.83. The van der Waals surface area contributed by atoms with E-state index in [1.165, 1.54) is 0 Å². The molecule has 1 nitrogen and oxygen atoms in total. The van der Waals surface area contributed by atoms with Gasteiger partial charge in [0.15, 0.2) is 0 Å². The van der Waals surface area contributed by atoms with Crippen molar-refractivity contribution in [3.63, 3.8) is 0 Å². The number of halogens is 1. The van der Waals surface area contributed by atoms with Crippen LogP contribution in [0.4, 0.5) is 4.39 Å². The number of hydrogen-bond acceptors (Lipinski definition) is 2. The standard InChI is InChI=1S/C15H24FNS/c1-5-12(4)18-15-8-6-7-14(16)13(15)10-17-9-11(2)3/h6-8,11-12,17H,5,9-10H2,1-4H3. The van der Waals surface area contributed by atoms with Crippen LogP contribution in [0.2, 0.25) is 0 Å². The molecule has 0 aliphatic rings. The molecule has 0 fully saturated rings. The molecule has 18 heavy (non-hydrogen) atoms. The largest absolute Gasteiger partial charge is 0.312 e. The molecule has 3 heteroatoms. The molecule has 0 radical (unpaired) electrons. The molecule has 0 saturated heterocycles. The van der Waals surface area contributed by atoms with Gasteiger partial charge in [0.1, 0.15) is 5.82 Å². The molecule has 1 unspecified atom stereocenters. The van der Waals surface area contributed by atoms with E-state index in [-0.39, 0.29) is 5.82 Å². The fourth-order valence-electron chi connectivity index (χ4n) is 1.61. The fourth-order valence-corrected chi connectivity index (χ4v) is 2.68. The average molecular weight is 269 g/mol. The zero-order chi connectivity index (χ0) is 13.5. The minimum atomic E-state index is -0.0976. The summed E-state index contributed by atoms with van der Waals surface area (Å²) in [6.07, 6.45) is 1.10. The van der Waals surface area contributed by atoms with Gasteiger partial charge < -0.3 is 5.32 Å². The molecule has 0 heterocycles. The minimum absolute atomic E-state index is 0.0976. The van der Waals surface area contributed by atoms with Gasteiger partial charge in [0, 0.05) is 22.3 Å². The summed E-state index contributed by atoms with van der Waals surface area (Å²) in [5.41, 5.74) is 0.809. The van der Waals surface area contributed by atoms with Gasteiger partial charge in [-0.05, 0) is 31.0 Å². The summed E-state index contributed by atoms with van der Waals surface area (Å²) in [6.45, 7) is 10.2. The smallest absolute Gasteiger partial charge is 0.128 e. The topological polar surface area (TPSA) is 12.0 Å². The van der Waals surface area contributed by atoms with Gasteiger partial charge >= 0.3 is 0 Å². The SMILES string of the molecule is CCC(C)Sc1cccc(F)c1CNCC(C)C. The molecule has 0 aliphatic carbocycles. The van der Waals surface area contributed by atoms with E-state index < -0.39 is 0 Å². The molecule has 0 aliphatic heterocycles. The van der Waals surface area contributed by atoms with Gasteiger partial charge in [0.2, 0.25) is 0 Å². The van der Waals surface area contributed by atoms with E-state index in [1.807, 2.05) is 6.07 Å². The second-order valence-electron chi connectivity index (χ2n) is 5.08. The first-order chi connectivity index (χ1) is 8.54. The van der Waals surface area contributed by atoms with Crippen molar-refractivity contribution in [3.05, 3.63) is 29.6 Å². The molecule has 1 rings (SSSR count). The van der Waals surface area contributed by atoms with Gasteiger partial charge in [0.25, 0.3) is 0 Å². The van der Waals surface area contributed by atoms with Crippen LogP contribution >= 0.6 is 11.8 Å². The molecule has 1 N–H and O–H groups in total. The lowest BCUT2D eigenvalue weighted by atomic mass is 10.2. The molecular formula is C15H24FNS. The van der Waals surface area contributed by atoms with Crippen molar-refractivity contribution in [1.29, 1.82) is 0 Å². The molecule has 1 atom stereocenters. The van der Waals surface area contributed by atoms with Gasteiger partial charge in [-0.15, -0.1) is 11.8 Å². The third kappa shape index (κ3) is 4.99. The van der Waals surface area contributed by atoms with Crippen molar-refractivity contribution in [3.8, 4) is 0 Å². The highest BCUT2D eigenvalue weighted by atomic mass is 32.2. The molecule has 1 aromatic carbocycles. The highest BCUT2D eigenvalue weighted by Gasteiger charge is 2.11. The van der Waals surface area contributed by atoms with E-state index >= 15 is 0 Å². The summed E-state index contributed by atoms with van der Waals surface area (Å²) in [5.74, 6) is 0.488. The van der Waals surface area contributed by atoms with Gasteiger partial charge in [0.05, 0.1) is 0 Å². The van der Waals surface area contributed by atoms with Gasteiger partial charge in [-0.1, -0.05) is 33.8 Å². The normalized spacial score (nSPS) is 13.0. The van der Waals surface area contributed by atoms with Crippen LogP contribution in [0, 0.1) is 11.7 Å².